The second-order valence-corrected chi connectivity index (χ2v) is 5.11. The lowest BCUT2D eigenvalue weighted by atomic mass is 10.1. The number of aromatic nitrogens is 3. The molecule has 0 unspecified atom stereocenters. The van der Waals surface area contributed by atoms with Gasteiger partial charge < -0.3 is 4.57 Å². The van der Waals surface area contributed by atoms with Crippen molar-refractivity contribution in [3.63, 3.8) is 0 Å². The van der Waals surface area contributed by atoms with E-state index in [1.807, 2.05) is 53.5 Å². The number of nitrogens with zero attached hydrogens (tertiary/aromatic N) is 3. The van der Waals surface area contributed by atoms with Gasteiger partial charge in [0.25, 0.3) is 5.91 Å². The molecule has 2 aromatic heterocycles. The largest absolute Gasteiger partial charge is 0.327 e. The highest BCUT2D eigenvalue weighted by Crippen LogP contribution is 2.21. The molecular formula is C14H12N4OS. The van der Waals surface area contributed by atoms with Crippen molar-refractivity contribution in [2.24, 2.45) is 12.0 Å². The maximum atomic E-state index is 12.3. The summed E-state index contributed by atoms with van der Waals surface area (Å²) in [6.45, 7) is 0. The van der Waals surface area contributed by atoms with Crippen LogP contribution in [0.3, 0.4) is 0 Å². The molecule has 0 fully saturated rings. The Bertz CT molecular complexity index is 798. The lowest BCUT2D eigenvalue weighted by Gasteiger charge is -1.99. The molecule has 0 spiro atoms. The lowest BCUT2D eigenvalue weighted by molar-refractivity contribution is 0.0998. The molecule has 0 saturated carbocycles. The SMILES string of the molecule is Cn1ccsc1=NC(=O)c1cn[nH]c1-c1ccccc1. The van der Waals surface area contributed by atoms with Gasteiger partial charge in [-0.25, -0.2) is 0 Å². The van der Waals surface area contributed by atoms with Crippen molar-refractivity contribution < 1.29 is 4.79 Å². The zero-order valence-electron chi connectivity index (χ0n) is 10.8. The first kappa shape index (κ1) is 12.6. The molecule has 0 aliphatic carbocycles. The predicted molar refractivity (Wildman–Crippen MR) is 77.2 cm³/mol. The minimum Gasteiger partial charge on any atom is -0.327 e. The van der Waals surface area contributed by atoms with Crippen LogP contribution < -0.4 is 4.80 Å². The molecule has 2 heterocycles. The fourth-order valence-electron chi connectivity index (χ4n) is 1.85. The van der Waals surface area contributed by atoms with Gasteiger partial charge in [-0.2, -0.15) is 10.1 Å². The average molecular weight is 284 g/mol. The minimum absolute atomic E-state index is 0.296. The van der Waals surface area contributed by atoms with E-state index in [2.05, 4.69) is 15.2 Å². The Morgan fingerprint density at radius 2 is 2.15 bits per heavy atom. The highest BCUT2D eigenvalue weighted by molar-refractivity contribution is 7.07. The molecule has 3 rings (SSSR count). The Hall–Kier alpha value is -2.47. The van der Waals surface area contributed by atoms with Gasteiger partial charge in [-0.15, -0.1) is 11.3 Å². The highest BCUT2D eigenvalue weighted by atomic mass is 32.1. The molecule has 3 aromatic rings. The second kappa shape index (κ2) is 5.26. The number of H-pyrrole nitrogens is 1. The molecule has 0 atom stereocenters. The molecule has 6 heteroatoms. The summed E-state index contributed by atoms with van der Waals surface area (Å²) >= 11 is 1.42. The van der Waals surface area contributed by atoms with E-state index in [-0.39, 0.29) is 5.91 Å². The van der Waals surface area contributed by atoms with Crippen molar-refractivity contribution in [2.45, 2.75) is 0 Å². The van der Waals surface area contributed by atoms with Crippen LogP contribution in [-0.4, -0.2) is 20.7 Å². The van der Waals surface area contributed by atoms with Crippen molar-refractivity contribution in [1.29, 1.82) is 0 Å². The molecule has 1 N–H and O–H groups in total. The van der Waals surface area contributed by atoms with Crippen LogP contribution in [0.15, 0.2) is 53.1 Å². The minimum atomic E-state index is -0.296. The molecule has 20 heavy (non-hydrogen) atoms. The third-order valence-corrected chi connectivity index (χ3v) is 3.74. The van der Waals surface area contributed by atoms with Crippen molar-refractivity contribution in [3.05, 3.63) is 58.5 Å². The number of thiazole rings is 1. The van der Waals surface area contributed by atoms with Crippen molar-refractivity contribution in [1.82, 2.24) is 14.8 Å². The first-order valence-corrected chi connectivity index (χ1v) is 6.91. The fourth-order valence-corrected chi connectivity index (χ4v) is 2.58. The zero-order valence-corrected chi connectivity index (χ0v) is 11.6. The van der Waals surface area contributed by atoms with Crippen LogP contribution in [0.25, 0.3) is 11.3 Å². The molecule has 5 nitrogen and oxygen atoms in total. The van der Waals surface area contributed by atoms with E-state index in [9.17, 15) is 4.79 Å². The van der Waals surface area contributed by atoms with Gasteiger partial charge in [0.05, 0.1) is 17.5 Å². The fraction of sp³-hybridized carbons (Fsp3) is 0.0714. The summed E-state index contributed by atoms with van der Waals surface area (Å²) in [6.07, 6.45) is 3.38. The van der Waals surface area contributed by atoms with Gasteiger partial charge >= 0.3 is 0 Å². The summed E-state index contributed by atoms with van der Waals surface area (Å²) < 4.78 is 1.81. The van der Waals surface area contributed by atoms with Crippen LogP contribution in [-0.2, 0) is 7.05 Å². The van der Waals surface area contributed by atoms with Crippen LogP contribution in [0, 0.1) is 0 Å². The summed E-state index contributed by atoms with van der Waals surface area (Å²) in [7, 11) is 1.86. The highest BCUT2D eigenvalue weighted by Gasteiger charge is 2.14. The first-order chi connectivity index (χ1) is 9.75. The Morgan fingerprint density at radius 3 is 2.85 bits per heavy atom. The van der Waals surface area contributed by atoms with E-state index >= 15 is 0 Å². The predicted octanol–water partition coefficient (Wildman–Crippen LogP) is 2.22. The van der Waals surface area contributed by atoms with Crippen molar-refractivity contribution in [3.8, 4) is 11.3 Å². The number of carbonyl (C=O) groups is 1. The van der Waals surface area contributed by atoms with E-state index < -0.39 is 0 Å². The number of benzene rings is 1. The van der Waals surface area contributed by atoms with Gasteiger partial charge in [0, 0.05) is 24.2 Å². The number of aryl methyl sites for hydroxylation is 1. The Kier molecular flexibility index (Phi) is 3.30. The van der Waals surface area contributed by atoms with Crippen LogP contribution >= 0.6 is 11.3 Å². The van der Waals surface area contributed by atoms with Gasteiger partial charge in [-0.3, -0.25) is 9.89 Å². The van der Waals surface area contributed by atoms with Crippen LogP contribution in [0.5, 0.6) is 0 Å². The number of carbonyl (C=O) groups excluding carboxylic acids is 1. The molecule has 100 valence electrons. The Balaban J connectivity index is 2.03. The van der Waals surface area contributed by atoms with Crippen LogP contribution in [0.4, 0.5) is 0 Å². The smallest absolute Gasteiger partial charge is 0.283 e. The molecule has 0 aliphatic rings. The van der Waals surface area contributed by atoms with Gasteiger partial charge in [0.15, 0.2) is 4.80 Å². The van der Waals surface area contributed by atoms with E-state index in [4.69, 9.17) is 0 Å². The van der Waals surface area contributed by atoms with Gasteiger partial charge in [-0.05, 0) is 0 Å². The summed E-state index contributed by atoms with van der Waals surface area (Å²) in [5, 5.41) is 8.71. The lowest BCUT2D eigenvalue weighted by Crippen LogP contribution is -2.12. The number of rotatable bonds is 2. The number of nitrogens with one attached hydrogen (secondary N) is 1. The van der Waals surface area contributed by atoms with E-state index in [0.717, 1.165) is 5.56 Å². The molecule has 0 radical (unpaired) electrons. The first-order valence-electron chi connectivity index (χ1n) is 6.03. The van der Waals surface area contributed by atoms with Crippen LogP contribution in [0.1, 0.15) is 10.4 Å². The molecule has 0 aliphatic heterocycles. The van der Waals surface area contributed by atoms with Crippen LogP contribution in [0.2, 0.25) is 0 Å². The number of hydrogen-bond acceptors (Lipinski definition) is 3. The maximum absolute atomic E-state index is 12.3. The monoisotopic (exact) mass is 284 g/mol. The molecule has 0 bridgehead atoms. The molecule has 1 aromatic carbocycles. The van der Waals surface area contributed by atoms with E-state index in [1.165, 1.54) is 17.5 Å². The Labute approximate surface area is 119 Å². The standard InChI is InChI=1S/C14H12N4OS/c1-18-7-8-20-14(18)16-13(19)11-9-15-17-12(11)10-5-3-2-4-6-10/h2-9H,1H3,(H,15,17). The topological polar surface area (TPSA) is 63.0 Å². The summed E-state index contributed by atoms with van der Waals surface area (Å²) in [5.41, 5.74) is 2.09. The van der Waals surface area contributed by atoms with Gasteiger partial charge in [0.2, 0.25) is 0 Å². The quantitative estimate of drug-likeness (QED) is 0.784. The third-order valence-electron chi connectivity index (χ3n) is 2.89. The summed E-state index contributed by atoms with van der Waals surface area (Å²) in [4.78, 5) is 17.1. The van der Waals surface area contributed by atoms with E-state index in [0.29, 0.717) is 16.1 Å². The van der Waals surface area contributed by atoms with Crippen molar-refractivity contribution >= 4 is 17.2 Å². The molecule has 0 saturated heterocycles. The number of aromatic amines is 1. The van der Waals surface area contributed by atoms with Crippen molar-refractivity contribution in [2.75, 3.05) is 0 Å². The van der Waals surface area contributed by atoms with Gasteiger partial charge in [-0.1, -0.05) is 30.3 Å². The molecular weight excluding hydrogens is 272 g/mol. The maximum Gasteiger partial charge on any atom is 0.283 e. The van der Waals surface area contributed by atoms with E-state index in [1.54, 1.807) is 0 Å². The van der Waals surface area contributed by atoms with Gasteiger partial charge in [0.1, 0.15) is 0 Å². The number of amides is 1. The summed E-state index contributed by atoms with van der Waals surface area (Å²) in [5.74, 6) is -0.296. The Morgan fingerprint density at radius 1 is 1.35 bits per heavy atom. The normalized spacial score (nSPS) is 11.8. The molecule has 1 amide bonds. The second-order valence-electron chi connectivity index (χ2n) is 4.24. The summed E-state index contributed by atoms with van der Waals surface area (Å²) in [6, 6.07) is 9.62. The number of hydrogen-bond donors (Lipinski definition) is 1. The average Bonchev–Trinajstić information content (AvgIpc) is 3.09. The zero-order chi connectivity index (χ0) is 13.9. The third kappa shape index (κ3) is 2.33.